The molecule has 172 valence electrons. The molecule has 1 saturated heterocycles. The number of esters is 1. The van der Waals surface area contributed by atoms with E-state index in [9.17, 15) is 9.59 Å². The Bertz CT molecular complexity index is 867. The molecule has 1 amide bonds. The lowest BCUT2D eigenvalue weighted by atomic mass is 10.1. The topological polar surface area (TPSA) is 68.3 Å². The number of amides is 1. The molecule has 0 aromatic heterocycles. The molecule has 0 aliphatic carbocycles. The predicted molar refractivity (Wildman–Crippen MR) is 122 cm³/mol. The normalized spacial score (nSPS) is 14.5. The van der Waals surface area contributed by atoms with E-state index < -0.39 is 0 Å². The first-order valence-electron chi connectivity index (χ1n) is 11.0. The predicted octanol–water partition coefficient (Wildman–Crippen LogP) is 3.03. The van der Waals surface area contributed by atoms with Crippen LogP contribution in [0.5, 0.6) is 11.5 Å². The van der Waals surface area contributed by atoms with Gasteiger partial charge in [-0.15, -0.1) is 0 Å². The third kappa shape index (κ3) is 6.99. The standard InChI is InChI=1S/C25H32N2O5/c1-30-22-9-4-20(5-10-22)6-13-24(28)27-15-3-14-26(16-17-27)18-19-32-23-11-7-21(8-12-23)25(29)31-2/h4-5,7-12H,3,6,13-19H2,1-2H3. The first-order valence-corrected chi connectivity index (χ1v) is 11.0. The number of nitrogens with zero attached hydrogens (tertiary/aromatic N) is 2. The Morgan fingerprint density at radius 3 is 2.28 bits per heavy atom. The summed E-state index contributed by atoms with van der Waals surface area (Å²) >= 11 is 0. The maximum atomic E-state index is 12.7. The summed E-state index contributed by atoms with van der Waals surface area (Å²) in [6.07, 6.45) is 2.23. The van der Waals surface area contributed by atoms with E-state index in [0.29, 0.717) is 18.6 Å². The van der Waals surface area contributed by atoms with E-state index >= 15 is 0 Å². The van der Waals surface area contributed by atoms with Crippen LogP contribution < -0.4 is 9.47 Å². The number of rotatable bonds is 9. The highest BCUT2D eigenvalue weighted by Gasteiger charge is 2.19. The fourth-order valence-corrected chi connectivity index (χ4v) is 3.74. The number of carbonyl (C=O) groups excluding carboxylic acids is 2. The van der Waals surface area contributed by atoms with E-state index in [0.717, 1.165) is 62.6 Å². The molecule has 7 heteroatoms. The SMILES string of the molecule is COC(=O)c1ccc(OCCN2CCCN(C(=O)CCc3ccc(OC)cc3)CC2)cc1. The van der Waals surface area contributed by atoms with Crippen molar-refractivity contribution in [2.45, 2.75) is 19.3 Å². The first kappa shape index (κ1) is 23.6. The Kier molecular flexibility index (Phi) is 8.92. The van der Waals surface area contributed by atoms with Gasteiger partial charge in [0.25, 0.3) is 0 Å². The van der Waals surface area contributed by atoms with Crippen molar-refractivity contribution < 1.29 is 23.8 Å². The van der Waals surface area contributed by atoms with E-state index in [2.05, 4.69) is 4.90 Å². The number of hydrogen-bond acceptors (Lipinski definition) is 6. The van der Waals surface area contributed by atoms with Crippen LogP contribution in [0, 0.1) is 0 Å². The van der Waals surface area contributed by atoms with Crippen LogP contribution in [0.25, 0.3) is 0 Å². The molecule has 3 rings (SSSR count). The number of carbonyl (C=O) groups is 2. The summed E-state index contributed by atoms with van der Waals surface area (Å²) in [5.41, 5.74) is 1.65. The fraction of sp³-hybridized carbons (Fsp3) is 0.440. The second kappa shape index (κ2) is 12.1. The zero-order chi connectivity index (χ0) is 22.8. The molecule has 0 bridgehead atoms. The second-order valence-electron chi connectivity index (χ2n) is 7.79. The molecule has 1 aliphatic rings. The summed E-state index contributed by atoms with van der Waals surface area (Å²) in [6, 6.07) is 14.8. The molecule has 0 radical (unpaired) electrons. The van der Waals surface area contributed by atoms with Crippen LogP contribution in [0.4, 0.5) is 0 Å². The van der Waals surface area contributed by atoms with Crippen LogP contribution in [0.2, 0.25) is 0 Å². The lowest BCUT2D eigenvalue weighted by Crippen LogP contribution is -2.36. The van der Waals surface area contributed by atoms with Gasteiger partial charge in [0.15, 0.2) is 0 Å². The van der Waals surface area contributed by atoms with Gasteiger partial charge in [0.2, 0.25) is 5.91 Å². The lowest BCUT2D eigenvalue weighted by Gasteiger charge is -2.22. The Morgan fingerprint density at radius 2 is 1.59 bits per heavy atom. The van der Waals surface area contributed by atoms with Crippen LogP contribution in [-0.4, -0.2) is 75.2 Å². The smallest absolute Gasteiger partial charge is 0.337 e. The van der Waals surface area contributed by atoms with Gasteiger partial charge in [-0.2, -0.15) is 0 Å². The van der Waals surface area contributed by atoms with Gasteiger partial charge in [-0.3, -0.25) is 9.69 Å². The molecule has 0 unspecified atom stereocenters. The number of ether oxygens (including phenoxy) is 3. The van der Waals surface area contributed by atoms with Gasteiger partial charge in [-0.25, -0.2) is 4.79 Å². The van der Waals surface area contributed by atoms with Crippen LogP contribution >= 0.6 is 0 Å². The average Bonchev–Trinajstić information content (AvgIpc) is 3.08. The largest absolute Gasteiger partial charge is 0.497 e. The summed E-state index contributed by atoms with van der Waals surface area (Å²) < 4.78 is 15.7. The molecule has 7 nitrogen and oxygen atoms in total. The van der Waals surface area contributed by atoms with Crippen molar-refractivity contribution in [2.75, 3.05) is 53.6 Å². The first-order chi connectivity index (χ1) is 15.6. The molecule has 32 heavy (non-hydrogen) atoms. The van der Waals surface area contributed by atoms with Gasteiger partial charge in [0, 0.05) is 39.1 Å². The zero-order valence-electron chi connectivity index (χ0n) is 18.9. The van der Waals surface area contributed by atoms with E-state index in [1.165, 1.54) is 7.11 Å². The zero-order valence-corrected chi connectivity index (χ0v) is 18.9. The minimum absolute atomic E-state index is 0.213. The van der Waals surface area contributed by atoms with Gasteiger partial charge in [-0.05, 0) is 54.8 Å². The van der Waals surface area contributed by atoms with Gasteiger partial charge in [-0.1, -0.05) is 12.1 Å². The third-order valence-corrected chi connectivity index (χ3v) is 5.68. The Labute approximate surface area is 189 Å². The summed E-state index contributed by atoms with van der Waals surface area (Å²) in [5, 5.41) is 0. The average molecular weight is 441 g/mol. The van der Waals surface area contributed by atoms with Gasteiger partial charge in [0.1, 0.15) is 18.1 Å². The quantitative estimate of drug-likeness (QED) is 0.559. The van der Waals surface area contributed by atoms with E-state index in [-0.39, 0.29) is 11.9 Å². The molecular formula is C25H32N2O5. The highest BCUT2D eigenvalue weighted by molar-refractivity contribution is 5.89. The molecule has 0 atom stereocenters. The molecule has 1 heterocycles. The van der Waals surface area contributed by atoms with Crippen LogP contribution in [0.1, 0.15) is 28.8 Å². The number of aryl methyl sites for hydroxylation is 1. The number of benzene rings is 2. The van der Waals surface area contributed by atoms with Crippen LogP contribution in [-0.2, 0) is 16.0 Å². The van der Waals surface area contributed by atoms with Crippen molar-refractivity contribution in [1.82, 2.24) is 9.80 Å². The van der Waals surface area contributed by atoms with E-state index in [1.54, 1.807) is 31.4 Å². The summed E-state index contributed by atoms with van der Waals surface area (Å²) in [4.78, 5) is 28.5. The molecule has 1 fully saturated rings. The van der Waals surface area contributed by atoms with Crippen molar-refractivity contribution in [3.63, 3.8) is 0 Å². The van der Waals surface area contributed by atoms with Crippen molar-refractivity contribution in [1.29, 1.82) is 0 Å². The summed E-state index contributed by atoms with van der Waals surface area (Å²) in [6.45, 7) is 4.70. The molecule has 0 saturated carbocycles. The maximum absolute atomic E-state index is 12.7. The van der Waals surface area contributed by atoms with Gasteiger partial charge < -0.3 is 19.1 Å². The number of hydrogen-bond donors (Lipinski definition) is 0. The maximum Gasteiger partial charge on any atom is 0.337 e. The van der Waals surface area contributed by atoms with Crippen molar-refractivity contribution in [3.8, 4) is 11.5 Å². The Balaban J connectivity index is 1.37. The lowest BCUT2D eigenvalue weighted by molar-refractivity contribution is -0.131. The highest BCUT2D eigenvalue weighted by Crippen LogP contribution is 2.15. The highest BCUT2D eigenvalue weighted by atomic mass is 16.5. The van der Waals surface area contributed by atoms with Crippen molar-refractivity contribution in [2.24, 2.45) is 0 Å². The molecule has 1 aliphatic heterocycles. The van der Waals surface area contributed by atoms with Crippen LogP contribution in [0.3, 0.4) is 0 Å². The van der Waals surface area contributed by atoms with Crippen LogP contribution in [0.15, 0.2) is 48.5 Å². The number of methoxy groups -OCH3 is 2. The van der Waals surface area contributed by atoms with Crippen molar-refractivity contribution >= 4 is 11.9 Å². The minimum atomic E-state index is -0.357. The Morgan fingerprint density at radius 1 is 0.875 bits per heavy atom. The van der Waals surface area contributed by atoms with E-state index in [4.69, 9.17) is 14.2 Å². The summed E-state index contributed by atoms with van der Waals surface area (Å²) in [5.74, 6) is 1.41. The molecule has 0 spiro atoms. The van der Waals surface area contributed by atoms with Gasteiger partial charge in [0.05, 0.1) is 19.8 Å². The van der Waals surface area contributed by atoms with Crippen molar-refractivity contribution in [3.05, 3.63) is 59.7 Å². The summed E-state index contributed by atoms with van der Waals surface area (Å²) in [7, 11) is 3.01. The Hall–Kier alpha value is -3.06. The molecule has 2 aromatic rings. The third-order valence-electron chi connectivity index (χ3n) is 5.68. The van der Waals surface area contributed by atoms with E-state index in [1.807, 2.05) is 29.2 Å². The minimum Gasteiger partial charge on any atom is -0.497 e. The molecule has 2 aromatic carbocycles. The van der Waals surface area contributed by atoms with Gasteiger partial charge >= 0.3 is 5.97 Å². The monoisotopic (exact) mass is 440 g/mol. The molecular weight excluding hydrogens is 408 g/mol. The second-order valence-corrected chi connectivity index (χ2v) is 7.79. The fourth-order valence-electron chi connectivity index (χ4n) is 3.74. The molecule has 0 N–H and O–H groups in total.